The zero-order chi connectivity index (χ0) is 13.8. The lowest BCUT2D eigenvalue weighted by atomic mass is 10.2. The molecule has 18 heavy (non-hydrogen) atoms. The van der Waals surface area contributed by atoms with Gasteiger partial charge in [0.15, 0.2) is 0 Å². The third-order valence-electron chi connectivity index (χ3n) is 3.14. The number of amides is 1. The van der Waals surface area contributed by atoms with E-state index in [1.807, 2.05) is 0 Å². The molecule has 0 aromatic carbocycles. The van der Waals surface area contributed by atoms with Crippen molar-refractivity contribution in [3.63, 3.8) is 0 Å². The molecule has 1 unspecified atom stereocenters. The van der Waals surface area contributed by atoms with Crippen LogP contribution in [0.3, 0.4) is 0 Å². The molecule has 0 aromatic heterocycles. The zero-order valence-corrected chi connectivity index (χ0v) is 12.6. The van der Waals surface area contributed by atoms with Crippen LogP contribution in [-0.4, -0.2) is 49.6 Å². The molecule has 1 atom stereocenters. The van der Waals surface area contributed by atoms with Gasteiger partial charge in [0.05, 0.1) is 6.54 Å². The van der Waals surface area contributed by atoms with Gasteiger partial charge in [-0.25, -0.2) is 0 Å². The van der Waals surface area contributed by atoms with Gasteiger partial charge < -0.3 is 15.5 Å². The lowest BCUT2D eigenvalue weighted by Gasteiger charge is -2.18. The Kier molecular flexibility index (Phi) is 11.1. The Morgan fingerprint density at radius 1 is 1.22 bits per heavy atom. The van der Waals surface area contributed by atoms with E-state index in [-0.39, 0.29) is 5.91 Å². The van der Waals surface area contributed by atoms with Crippen LogP contribution in [-0.2, 0) is 4.79 Å². The number of carbonyl (C=O) groups excluding carboxylic acids is 1. The molecule has 0 aliphatic carbocycles. The minimum Gasteiger partial charge on any atom is -0.353 e. The first-order valence-corrected chi connectivity index (χ1v) is 7.36. The standard InChI is InChI=1S/C14H31N3O/c1-5-9-13(4)16-14(18)12-15-10-8-11-17(6-2)7-3/h13,15H,5-12H2,1-4H3,(H,16,18). The van der Waals surface area contributed by atoms with Crippen LogP contribution in [0.15, 0.2) is 0 Å². The van der Waals surface area contributed by atoms with Crippen LogP contribution in [0, 0.1) is 0 Å². The fourth-order valence-electron chi connectivity index (χ4n) is 2.00. The van der Waals surface area contributed by atoms with Crippen molar-refractivity contribution in [2.45, 2.75) is 53.0 Å². The number of hydrogen-bond acceptors (Lipinski definition) is 3. The smallest absolute Gasteiger partial charge is 0.234 e. The van der Waals surface area contributed by atoms with Gasteiger partial charge in [0, 0.05) is 6.04 Å². The molecule has 2 N–H and O–H groups in total. The van der Waals surface area contributed by atoms with E-state index in [1.165, 1.54) is 0 Å². The van der Waals surface area contributed by atoms with Crippen LogP contribution >= 0.6 is 0 Å². The van der Waals surface area contributed by atoms with Gasteiger partial charge in [0.25, 0.3) is 0 Å². The first-order chi connectivity index (χ1) is 8.63. The van der Waals surface area contributed by atoms with Crippen molar-refractivity contribution in [2.24, 2.45) is 0 Å². The van der Waals surface area contributed by atoms with Crippen LogP contribution in [0.2, 0.25) is 0 Å². The topological polar surface area (TPSA) is 44.4 Å². The summed E-state index contributed by atoms with van der Waals surface area (Å²) in [5.41, 5.74) is 0. The van der Waals surface area contributed by atoms with Gasteiger partial charge in [-0.15, -0.1) is 0 Å². The molecule has 0 radical (unpaired) electrons. The lowest BCUT2D eigenvalue weighted by Crippen LogP contribution is -2.39. The Morgan fingerprint density at radius 2 is 1.89 bits per heavy atom. The number of nitrogens with zero attached hydrogens (tertiary/aromatic N) is 1. The summed E-state index contributed by atoms with van der Waals surface area (Å²) in [6.45, 7) is 13.2. The van der Waals surface area contributed by atoms with Crippen molar-refractivity contribution in [1.82, 2.24) is 15.5 Å². The summed E-state index contributed by atoms with van der Waals surface area (Å²) in [7, 11) is 0. The maximum atomic E-state index is 11.6. The molecule has 0 bridgehead atoms. The molecular weight excluding hydrogens is 226 g/mol. The average molecular weight is 257 g/mol. The average Bonchev–Trinajstić information content (AvgIpc) is 2.34. The van der Waals surface area contributed by atoms with E-state index in [4.69, 9.17) is 0 Å². The Labute approximate surface area is 113 Å². The van der Waals surface area contributed by atoms with Crippen LogP contribution in [0.1, 0.15) is 47.0 Å². The number of rotatable bonds is 11. The molecule has 0 rings (SSSR count). The molecule has 108 valence electrons. The summed E-state index contributed by atoms with van der Waals surface area (Å²) < 4.78 is 0. The molecule has 0 aliphatic rings. The third kappa shape index (κ3) is 9.42. The summed E-state index contributed by atoms with van der Waals surface area (Å²) >= 11 is 0. The van der Waals surface area contributed by atoms with Crippen molar-refractivity contribution in [1.29, 1.82) is 0 Å². The molecule has 0 aliphatic heterocycles. The maximum absolute atomic E-state index is 11.6. The molecule has 4 heteroatoms. The molecule has 0 saturated carbocycles. The predicted molar refractivity (Wildman–Crippen MR) is 77.8 cm³/mol. The minimum atomic E-state index is 0.110. The van der Waals surface area contributed by atoms with E-state index >= 15 is 0 Å². The van der Waals surface area contributed by atoms with Crippen molar-refractivity contribution in [3.05, 3.63) is 0 Å². The molecule has 0 heterocycles. The van der Waals surface area contributed by atoms with E-state index in [0.717, 1.165) is 45.4 Å². The molecule has 0 spiro atoms. The molecule has 0 saturated heterocycles. The molecule has 0 fully saturated rings. The van der Waals surface area contributed by atoms with E-state index < -0.39 is 0 Å². The van der Waals surface area contributed by atoms with Gasteiger partial charge in [0.1, 0.15) is 0 Å². The second-order valence-electron chi connectivity index (χ2n) is 4.81. The fraction of sp³-hybridized carbons (Fsp3) is 0.929. The summed E-state index contributed by atoms with van der Waals surface area (Å²) in [4.78, 5) is 13.9. The van der Waals surface area contributed by atoms with Gasteiger partial charge in [-0.05, 0) is 45.9 Å². The molecule has 1 amide bonds. The highest BCUT2D eigenvalue weighted by atomic mass is 16.1. The molecule has 4 nitrogen and oxygen atoms in total. The van der Waals surface area contributed by atoms with Crippen molar-refractivity contribution >= 4 is 5.91 Å². The van der Waals surface area contributed by atoms with E-state index in [9.17, 15) is 4.79 Å². The Morgan fingerprint density at radius 3 is 2.44 bits per heavy atom. The highest BCUT2D eigenvalue weighted by Crippen LogP contribution is 1.94. The van der Waals surface area contributed by atoms with Gasteiger partial charge in [0.2, 0.25) is 5.91 Å². The summed E-state index contributed by atoms with van der Waals surface area (Å²) in [5, 5.41) is 6.19. The van der Waals surface area contributed by atoms with E-state index in [1.54, 1.807) is 0 Å². The van der Waals surface area contributed by atoms with Crippen molar-refractivity contribution < 1.29 is 4.79 Å². The molecule has 0 aromatic rings. The van der Waals surface area contributed by atoms with Crippen molar-refractivity contribution in [3.8, 4) is 0 Å². The Balaban J connectivity index is 3.45. The minimum absolute atomic E-state index is 0.110. The Hall–Kier alpha value is -0.610. The Bertz CT molecular complexity index is 205. The van der Waals surface area contributed by atoms with Gasteiger partial charge in [-0.2, -0.15) is 0 Å². The largest absolute Gasteiger partial charge is 0.353 e. The van der Waals surface area contributed by atoms with Crippen LogP contribution in [0.5, 0.6) is 0 Å². The van der Waals surface area contributed by atoms with Gasteiger partial charge in [-0.3, -0.25) is 4.79 Å². The number of nitrogens with one attached hydrogen (secondary N) is 2. The van der Waals surface area contributed by atoms with Crippen molar-refractivity contribution in [2.75, 3.05) is 32.7 Å². The second kappa shape index (κ2) is 11.5. The summed E-state index contributed by atoms with van der Waals surface area (Å²) in [6, 6.07) is 0.292. The van der Waals surface area contributed by atoms with Crippen LogP contribution in [0.25, 0.3) is 0 Å². The fourth-order valence-corrected chi connectivity index (χ4v) is 2.00. The maximum Gasteiger partial charge on any atom is 0.234 e. The summed E-state index contributed by atoms with van der Waals surface area (Å²) in [5.74, 6) is 0.110. The lowest BCUT2D eigenvalue weighted by molar-refractivity contribution is -0.120. The molecular formula is C14H31N3O. The number of hydrogen-bond donors (Lipinski definition) is 2. The SMILES string of the molecule is CCCC(C)NC(=O)CNCCCN(CC)CC. The van der Waals surface area contributed by atoms with Gasteiger partial charge in [-0.1, -0.05) is 27.2 Å². The second-order valence-corrected chi connectivity index (χ2v) is 4.81. The summed E-state index contributed by atoms with van der Waals surface area (Å²) in [6.07, 6.45) is 3.26. The normalized spacial score (nSPS) is 12.7. The highest BCUT2D eigenvalue weighted by molar-refractivity contribution is 5.78. The third-order valence-corrected chi connectivity index (χ3v) is 3.14. The van der Waals surface area contributed by atoms with Crippen LogP contribution in [0.4, 0.5) is 0 Å². The number of carbonyl (C=O) groups is 1. The van der Waals surface area contributed by atoms with Crippen LogP contribution < -0.4 is 10.6 Å². The zero-order valence-electron chi connectivity index (χ0n) is 12.6. The van der Waals surface area contributed by atoms with E-state index in [0.29, 0.717) is 12.6 Å². The first-order valence-electron chi connectivity index (χ1n) is 7.36. The van der Waals surface area contributed by atoms with E-state index in [2.05, 4.69) is 43.2 Å². The monoisotopic (exact) mass is 257 g/mol. The quantitative estimate of drug-likeness (QED) is 0.553. The predicted octanol–water partition coefficient (Wildman–Crippen LogP) is 1.61. The first kappa shape index (κ1) is 17.4. The highest BCUT2D eigenvalue weighted by Gasteiger charge is 2.05. The van der Waals surface area contributed by atoms with Gasteiger partial charge >= 0.3 is 0 Å².